The summed E-state index contributed by atoms with van der Waals surface area (Å²) < 4.78 is 0.323. The summed E-state index contributed by atoms with van der Waals surface area (Å²) in [4.78, 5) is 46.7. The predicted octanol–water partition coefficient (Wildman–Crippen LogP) is -0.633. The fourth-order valence-electron chi connectivity index (χ4n) is 2.44. The van der Waals surface area contributed by atoms with Crippen LogP contribution in [0.3, 0.4) is 0 Å². The van der Waals surface area contributed by atoms with E-state index in [-0.39, 0.29) is 5.56 Å². The van der Waals surface area contributed by atoms with Crippen LogP contribution in [0, 0.1) is 4.77 Å². The molecule has 0 amide bonds. The summed E-state index contributed by atoms with van der Waals surface area (Å²) in [6.07, 6.45) is 2.06. The second-order valence-corrected chi connectivity index (χ2v) is 5.33. The van der Waals surface area contributed by atoms with E-state index >= 15 is 0 Å². The number of aromatic amines is 4. The largest absolute Gasteiger partial charge is 0.335 e. The van der Waals surface area contributed by atoms with Crippen LogP contribution < -0.4 is 16.8 Å². The van der Waals surface area contributed by atoms with Gasteiger partial charge in [-0.15, -0.1) is 0 Å². The van der Waals surface area contributed by atoms with Crippen LogP contribution in [0.15, 0.2) is 20.6 Å². The first-order chi connectivity index (χ1) is 10.0. The van der Waals surface area contributed by atoms with E-state index in [2.05, 4.69) is 19.9 Å². The second-order valence-electron chi connectivity index (χ2n) is 4.92. The molecule has 0 unspecified atom stereocenters. The normalized spacial score (nSPS) is 14.9. The molecule has 0 bridgehead atoms. The van der Waals surface area contributed by atoms with Crippen molar-refractivity contribution in [2.75, 3.05) is 6.54 Å². The molecule has 3 rings (SSSR count). The summed E-state index contributed by atoms with van der Waals surface area (Å²) in [5, 5.41) is 0. The van der Waals surface area contributed by atoms with E-state index in [1.807, 2.05) is 4.90 Å². The van der Waals surface area contributed by atoms with Gasteiger partial charge in [-0.2, -0.15) is 0 Å². The Labute approximate surface area is 122 Å². The van der Waals surface area contributed by atoms with Crippen molar-refractivity contribution in [3.8, 4) is 0 Å². The van der Waals surface area contributed by atoms with Gasteiger partial charge >= 0.3 is 5.69 Å². The highest BCUT2D eigenvalue weighted by Gasteiger charge is 2.20. The van der Waals surface area contributed by atoms with Crippen LogP contribution in [0.1, 0.15) is 16.8 Å². The molecular formula is C12H13N5O3S. The van der Waals surface area contributed by atoms with E-state index in [9.17, 15) is 14.4 Å². The Balaban J connectivity index is 1.87. The second kappa shape index (κ2) is 5.26. The maximum Gasteiger partial charge on any atom is 0.325 e. The number of fused-ring (bicyclic) bond motifs is 1. The lowest BCUT2D eigenvalue weighted by Crippen LogP contribution is -2.37. The lowest BCUT2D eigenvalue weighted by Gasteiger charge is -2.27. The molecule has 0 fully saturated rings. The summed E-state index contributed by atoms with van der Waals surface area (Å²) >= 11 is 4.94. The molecule has 110 valence electrons. The minimum absolute atomic E-state index is 0.200. The highest BCUT2D eigenvalue weighted by atomic mass is 32.1. The van der Waals surface area contributed by atoms with E-state index in [0.717, 1.165) is 5.69 Å². The number of hydrogen-bond donors (Lipinski definition) is 4. The smallest absolute Gasteiger partial charge is 0.325 e. The van der Waals surface area contributed by atoms with Crippen molar-refractivity contribution < 1.29 is 0 Å². The van der Waals surface area contributed by atoms with E-state index < -0.39 is 11.2 Å². The fraction of sp³-hybridized carbons (Fsp3) is 0.333. The van der Waals surface area contributed by atoms with Gasteiger partial charge in [0.25, 0.3) is 11.1 Å². The molecule has 0 spiro atoms. The average Bonchev–Trinajstić information content (AvgIpc) is 2.42. The molecule has 3 heterocycles. The van der Waals surface area contributed by atoms with Gasteiger partial charge in [-0.05, 0) is 12.2 Å². The molecule has 1 aliphatic rings. The van der Waals surface area contributed by atoms with Crippen molar-refractivity contribution in [3.63, 3.8) is 0 Å². The zero-order chi connectivity index (χ0) is 15.0. The van der Waals surface area contributed by atoms with Crippen LogP contribution in [-0.2, 0) is 19.5 Å². The van der Waals surface area contributed by atoms with Crippen LogP contribution in [0.5, 0.6) is 0 Å². The summed E-state index contributed by atoms with van der Waals surface area (Å²) in [5.74, 6) is 0. The monoisotopic (exact) mass is 307 g/mol. The van der Waals surface area contributed by atoms with Crippen molar-refractivity contribution in [3.05, 3.63) is 59.0 Å². The van der Waals surface area contributed by atoms with Gasteiger partial charge < -0.3 is 9.97 Å². The summed E-state index contributed by atoms with van der Waals surface area (Å²) in [5.41, 5.74) is 0.793. The molecule has 2 aromatic heterocycles. The molecule has 21 heavy (non-hydrogen) atoms. The minimum atomic E-state index is -0.531. The van der Waals surface area contributed by atoms with Crippen molar-refractivity contribution in [2.24, 2.45) is 0 Å². The topological polar surface area (TPSA) is 118 Å². The molecular weight excluding hydrogens is 294 g/mol. The Morgan fingerprint density at radius 1 is 1.14 bits per heavy atom. The van der Waals surface area contributed by atoms with Gasteiger partial charge in [0.15, 0.2) is 4.77 Å². The van der Waals surface area contributed by atoms with Crippen LogP contribution >= 0.6 is 12.2 Å². The first-order valence-corrected chi connectivity index (χ1v) is 6.81. The summed E-state index contributed by atoms with van der Waals surface area (Å²) in [6.45, 7) is 1.48. The molecule has 0 aliphatic carbocycles. The Hall–Kier alpha value is -2.26. The van der Waals surface area contributed by atoms with Gasteiger partial charge in [-0.1, -0.05) is 0 Å². The van der Waals surface area contributed by atoms with Crippen molar-refractivity contribution >= 4 is 12.2 Å². The zero-order valence-electron chi connectivity index (χ0n) is 11.0. The third kappa shape index (κ3) is 2.78. The van der Waals surface area contributed by atoms with E-state index in [1.54, 1.807) is 0 Å². The Bertz CT molecular complexity index is 906. The molecule has 8 nitrogen and oxygen atoms in total. The van der Waals surface area contributed by atoms with E-state index in [4.69, 9.17) is 12.2 Å². The van der Waals surface area contributed by atoms with Gasteiger partial charge in [-0.3, -0.25) is 24.5 Å². The highest BCUT2D eigenvalue weighted by molar-refractivity contribution is 7.71. The van der Waals surface area contributed by atoms with Crippen molar-refractivity contribution in [1.82, 2.24) is 24.8 Å². The first-order valence-electron chi connectivity index (χ1n) is 6.40. The average molecular weight is 307 g/mol. The Morgan fingerprint density at radius 3 is 2.71 bits per heavy atom. The van der Waals surface area contributed by atoms with Gasteiger partial charge in [0.1, 0.15) is 0 Å². The number of H-pyrrole nitrogens is 4. The van der Waals surface area contributed by atoms with E-state index in [1.165, 1.54) is 6.20 Å². The van der Waals surface area contributed by atoms with E-state index in [0.29, 0.717) is 42.0 Å². The molecule has 0 radical (unpaired) electrons. The lowest BCUT2D eigenvalue weighted by molar-refractivity contribution is 0.240. The Kier molecular flexibility index (Phi) is 3.43. The van der Waals surface area contributed by atoms with Crippen molar-refractivity contribution in [1.29, 1.82) is 0 Å². The summed E-state index contributed by atoms with van der Waals surface area (Å²) in [7, 11) is 0. The molecule has 0 saturated carbocycles. The number of rotatable bonds is 2. The maximum absolute atomic E-state index is 11.9. The lowest BCUT2D eigenvalue weighted by atomic mass is 10.1. The number of hydrogen-bond acceptors (Lipinski definition) is 5. The SMILES string of the molecule is O=c1[nH]cc(CN2CCc3[nH]c(=S)[nH]c(=O)c3C2)c(=O)[nH]1. The number of nitrogens with zero attached hydrogens (tertiary/aromatic N) is 1. The standard InChI is InChI=1S/C12H13N5O3S/c18-9-6(3-13-11(20)15-9)4-17-2-1-8-7(5-17)10(19)16-12(21)14-8/h3H,1-2,4-5H2,(H2,13,15,18,20)(H2,14,16,19,21). The molecule has 0 aromatic carbocycles. The molecule has 1 aliphatic heterocycles. The van der Waals surface area contributed by atoms with Gasteiger partial charge in [-0.25, -0.2) is 4.79 Å². The quantitative estimate of drug-likeness (QED) is 0.551. The number of aromatic nitrogens is 4. The maximum atomic E-state index is 11.9. The molecule has 9 heteroatoms. The minimum Gasteiger partial charge on any atom is -0.335 e. The number of nitrogens with one attached hydrogen (secondary N) is 4. The summed E-state index contributed by atoms with van der Waals surface area (Å²) in [6, 6.07) is 0. The highest BCUT2D eigenvalue weighted by Crippen LogP contribution is 2.14. The molecule has 4 N–H and O–H groups in total. The van der Waals surface area contributed by atoms with Gasteiger partial charge in [0, 0.05) is 43.5 Å². The van der Waals surface area contributed by atoms with Crippen molar-refractivity contribution in [2.45, 2.75) is 19.5 Å². The third-order valence-electron chi connectivity index (χ3n) is 3.48. The zero-order valence-corrected chi connectivity index (χ0v) is 11.8. The van der Waals surface area contributed by atoms with Gasteiger partial charge in [0.05, 0.1) is 5.56 Å². The fourth-order valence-corrected chi connectivity index (χ4v) is 2.66. The van der Waals surface area contributed by atoms with Crippen LogP contribution in [0.2, 0.25) is 0 Å². The molecule has 0 atom stereocenters. The van der Waals surface area contributed by atoms with Crippen LogP contribution in [0.25, 0.3) is 0 Å². The van der Waals surface area contributed by atoms with Crippen LogP contribution in [0.4, 0.5) is 0 Å². The van der Waals surface area contributed by atoms with Gasteiger partial charge in [0.2, 0.25) is 0 Å². The predicted molar refractivity (Wildman–Crippen MR) is 77.7 cm³/mol. The Morgan fingerprint density at radius 2 is 1.95 bits per heavy atom. The first kappa shape index (κ1) is 13.7. The third-order valence-corrected chi connectivity index (χ3v) is 3.68. The molecule has 2 aromatic rings. The van der Waals surface area contributed by atoms with Crippen LogP contribution in [-0.4, -0.2) is 31.4 Å². The molecule has 0 saturated heterocycles.